The van der Waals surface area contributed by atoms with Gasteiger partial charge in [0.25, 0.3) is 0 Å². The number of carbonyl (C=O) groups is 3. The Bertz CT molecular complexity index is 677. The minimum atomic E-state index is -0.755. The molecule has 2 atom stereocenters. The largest absolute Gasteiger partial charge is 0.466 e. The van der Waals surface area contributed by atoms with Gasteiger partial charge in [0.1, 0.15) is 17.6 Å². The van der Waals surface area contributed by atoms with E-state index in [1.807, 2.05) is 13.8 Å². The van der Waals surface area contributed by atoms with Crippen LogP contribution in [0, 0.1) is 17.3 Å². The molecule has 0 N–H and O–H groups in total. The van der Waals surface area contributed by atoms with Crippen molar-refractivity contribution in [2.75, 3.05) is 6.61 Å². The highest BCUT2D eigenvalue weighted by molar-refractivity contribution is 5.91. The molecule has 0 aliphatic heterocycles. The van der Waals surface area contributed by atoms with E-state index in [1.54, 1.807) is 13.8 Å². The first-order valence-electron chi connectivity index (χ1n) is 10.3. The van der Waals surface area contributed by atoms with Crippen molar-refractivity contribution in [2.24, 2.45) is 17.3 Å². The molecule has 0 saturated heterocycles. The zero-order chi connectivity index (χ0) is 20.7. The van der Waals surface area contributed by atoms with Crippen LogP contribution in [-0.4, -0.2) is 35.7 Å². The van der Waals surface area contributed by atoms with Crippen molar-refractivity contribution in [1.82, 2.24) is 0 Å². The lowest BCUT2D eigenvalue weighted by Gasteiger charge is -2.64. The number of carbonyl (C=O) groups excluding carboxylic acids is 3. The van der Waals surface area contributed by atoms with Gasteiger partial charge in [-0.05, 0) is 78.1 Å². The van der Waals surface area contributed by atoms with Crippen LogP contribution in [0.3, 0.4) is 0 Å². The Hall–Kier alpha value is -1.85. The van der Waals surface area contributed by atoms with Gasteiger partial charge < -0.3 is 14.2 Å². The third kappa shape index (κ3) is 3.83. The zero-order valence-electron chi connectivity index (χ0n) is 17.5. The van der Waals surface area contributed by atoms with Gasteiger partial charge in [-0.25, -0.2) is 4.79 Å². The first-order chi connectivity index (χ1) is 13.0. The highest BCUT2D eigenvalue weighted by Gasteiger charge is 2.65. The second-order valence-corrected chi connectivity index (χ2v) is 9.56. The zero-order valence-corrected chi connectivity index (χ0v) is 17.5. The van der Waals surface area contributed by atoms with Gasteiger partial charge in [0.2, 0.25) is 0 Å². The average Bonchev–Trinajstić information content (AvgIpc) is 2.52. The van der Waals surface area contributed by atoms with Crippen molar-refractivity contribution in [1.29, 1.82) is 0 Å². The predicted molar refractivity (Wildman–Crippen MR) is 102 cm³/mol. The van der Waals surface area contributed by atoms with Crippen LogP contribution in [0.4, 0.5) is 0 Å². The normalized spacial score (nSPS) is 33.3. The van der Waals surface area contributed by atoms with Gasteiger partial charge in [-0.3, -0.25) is 9.59 Å². The Morgan fingerprint density at radius 3 is 2.21 bits per heavy atom. The van der Waals surface area contributed by atoms with Gasteiger partial charge in [-0.2, -0.15) is 0 Å². The summed E-state index contributed by atoms with van der Waals surface area (Å²) in [7, 11) is 0. The SMILES string of the molecule is C=C(C)C(=O)OC12CC3CC(C1)CC(C(C)(C)OC(=O)CC(=O)OCC)(C3)C2. The molecule has 6 heteroatoms. The lowest BCUT2D eigenvalue weighted by molar-refractivity contribution is -0.240. The van der Waals surface area contributed by atoms with E-state index < -0.39 is 23.1 Å². The summed E-state index contributed by atoms with van der Waals surface area (Å²) in [4.78, 5) is 36.3. The second kappa shape index (κ2) is 7.20. The van der Waals surface area contributed by atoms with E-state index in [4.69, 9.17) is 14.2 Å². The molecule has 0 spiro atoms. The van der Waals surface area contributed by atoms with E-state index in [0.29, 0.717) is 23.8 Å². The predicted octanol–water partition coefficient (Wildman–Crippen LogP) is 3.72. The molecule has 4 aliphatic carbocycles. The number of hydrogen-bond donors (Lipinski definition) is 0. The van der Waals surface area contributed by atoms with Crippen LogP contribution >= 0.6 is 0 Å². The molecule has 4 bridgehead atoms. The molecule has 0 aromatic rings. The maximum atomic E-state index is 12.4. The van der Waals surface area contributed by atoms with E-state index in [1.165, 1.54) is 0 Å². The molecular formula is C22H32O6. The van der Waals surface area contributed by atoms with Gasteiger partial charge in [0, 0.05) is 11.0 Å². The molecule has 0 radical (unpaired) electrons. The Kier molecular flexibility index (Phi) is 5.36. The van der Waals surface area contributed by atoms with Crippen LogP contribution in [0.25, 0.3) is 0 Å². The monoisotopic (exact) mass is 392 g/mol. The van der Waals surface area contributed by atoms with Crippen LogP contribution in [0.2, 0.25) is 0 Å². The lowest BCUT2D eigenvalue weighted by Crippen LogP contribution is -2.64. The highest BCUT2D eigenvalue weighted by atomic mass is 16.6. The molecule has 4 aliphatic rings. The van der Waals surface area contributed by atoms with Crippen LogP contribution in [0.15, 0.2) is 12.2 Å². The maximum absolute atomic E-state index is 12.4. The molecular weight excluding hydrogens is 360 g/mol. The summed E-state index contributed by atoms with van der Waals surface area (Å²) in [6, 6.07) is 0. The summed E-state index contributed by atoms with van der Waals surface area (Å²) in [5, 5.41) is 0. The molecule has 0 heterocycles. The van der Waals surface area contributed by atoms with Crippen LogP contribution in [0.5, 0.6) is 0 Å². The topological polar surface area (TPSA) is 78.9 Å². The standard InChI is InChI=1S/C22H32O6/c1-6-26-17(23)8-18(24)27-20(4,5)21-9-15-7-16(10-21)12-22(11-15,13-21)28-19(25)14(2)3/h15-16H,2,6-13H2,1,3-5H3. The molecule has 4 saturated carbocycles. The highest BCUT2D eigenvalue weighted by Crippen LogP contribution is 2.66. The van der Waals surface area contributed by atoms with E-state index in [-0.39, 0.29) is 24.4 Å². The summed E-state index contributed by atoms with van der Waals surface area (Å²) >= 11 is 0. The first-order valence-corrected chi connectivity index (χ1v) is 10.3. The first kappa shape index (κ1) is 20.9. The fourth-order valence-electron chi connectivity index (χ4n) is 6.04. The summed E-state index contributed by atoms with van der Waals surface area (Å²) in [5.41, 5.74) is -1.10. The molecule has 0 aromatic carbocycles. The summed E-state index contributed by atoms with van der Waals surface area (Å²) in [6.07, 6.45) is 5.10. The van der Waals surface area contributed by atoms with E-state index >= 15 is 0 Å². The van der Waals surface area contributed by atoms with Gasteiger partial charge in [-0.15, -0.1) is 0 Å². The minimum absolute atomic E-state index is 0.236. The molecule has 156 valence electrons. The van der Waals surface area contributed by atoms with Gasteiger partial charge in [0.15, 0.2) is 0 Å². The maximum Gasteiger partial charge on any atom is 0.333 e. The number of ether oxygens (including phenoxy) is 3. The van der Waals surface area contributed by atoms with Gasteiger partial charge in [-0.1, -0.05) is 6.58 Å². The fourth-order valence-corrected chi connectivity index (χ4v) is 6.04. The van der Waals surface area contributed by atoms with Crippen molar-refractivity contribution in [3.8, 4) is 0 Å². The van der Waals surface area contributed by atoms with E-state index in [0.717, 1.165) is 32.1 Å². The Balaban J connectivity index is 1.78. The number of rotatable bonds is 7. The minimum Gasteiger partial charge on any atom is -0.466 e. The second-order valence-electron chi connectivity index (χ2n) is 9.56. The Morgan fingerprint density at radius 2 is 1.68 bits per heavy atom. The van der Waals surface area contributed by atoms with Crippen LogP contribution in [0.1, 0.15) is 72.6 Å². The molecule has 4 rings (SSSR count). The Labute approximate surface area is 167 Å². The molecule has 28 heavy (non-hydrogen) atoms. The summed E-state index contributed by atoms with van der Waals surface area (Å²) in [5.74, 6) is -0.550. The molecule has 4 fully saturated rings. The molecule has 0 amide bonds. The summed E-state index contributed by atoms with van der Waals surface area (Å²) < 4.78 is 16.7. The third-order valence-electron chi connectivity index (χ3n) is 6.91. The van der Waals surface area contributed by atoms with E-state index in [2.05, 4.69) is 6.58 Å². The average molecular weight is 392 g/mol. The van der Waals surface area contributed by atoms with Crippen molar-refractivity contribution in [3.63, 3.8) is 0 Å². The number of esters is 3. The summed E-state index contributed by atoms with van der Waals surface area (Å²) in [6.45, 7) is 11.2. The quantitative estimate of drug-likeness (QED) is 0.284. The lowest BCUT2D eigenvalue weighted by atomic mass is 9.44. The smallest absolute Gasteiger partial charge is 0.333 e. The van der Waals surface area contributed by atoms with Crippen molar-refractivity contribution in [3.05, 3.63) is 12.2 Å². The van der Waals surface area contributed by atoms with Crippen LogP contribution < -0.4 is 0 Å². The van der Waals surface area contributed by atoms with Crippen molar-refractivity contribution < 1.29 is 28.6 Å². The molecule has 0 aromatic heterocycles. The van der Waals surface area contributed by atoms with Crippen molar-refractivity contribution in [2.45, 2.75) is 83.8 Å². The molecule has 6 nitrogen and oxygen atoms in total. The van der Waals surface area contributed by atoms with E-state index in [9.17, 15) is 14.4 Å². The van der Waals surface area contributed by atoms with Crippen molar-refractivity contribution >= 4 is 17.9 Å². The Morgan fingerprint density at radius 1 is 1.07 bits per heavy atom. The van der Waals surface area contributed by atoms with Crippen LogP contribution in [-0.2, 0) is 28.6 Å². The van der Waals surface area contributed by atoms with Gasteiger partial charge in [0.05, 0.1) is 6.61 Å². The van der Waals surface area contributed by atoms with Gasteiger partial charge >= 0.3 is 17.9 Å². The molecule has 2 unspecified atom stereocenters. The fraction of sp³-hybridized carbons (Fsp3) is 0.773. The third-order valence-corrected chi connectivity index (χ3v) is 6.91. The number of hydrogen-bond acceptors (Lipinski definition) is 6.